The molecule has 0 heterocycles. The Hall–Kier alpha value is -2.13. The van der Waals surface area contributed by atoms with E-state index in [-0.39, 0.29) is 12.6 Å². The maximum absolute atomic E-state index is 11.9. The summed E-state index contributed by atoms with van der Waals surface area (Å²) >= 11 is 0. The van der Waals surface area contributed by atoms with Gasteiger partial charge in [-0.2, -0.15) is 0 Å². The van der Waals surface area contributed by atoms with Gasteiger partial charge in [0.1, 0.15) is 12.4 Å². The maximum Gasteiger partial charge on any atom is 0.337 e. The fourth-order valence-electron chi connectivity index (χ4n) is 2.05. The van der Waals surface area contributed by atoms with Crippen molar-refractivity contribution in [1.82, 2.24) is 0 Å². The van der Waals surface area contributed by atoms with Gasteiger partial charge in [0.25, 0.3) is 0 Å². The highest BCUT2D eigenvalue weighted by atomic mass is 16.6. The zero-order valence-corrected chi connectivity index (χ0v) is 12.7. The fourth-order valence-corrected chi connectivity index (χ4v) is 2.05. The number of hydrogen-bond donors (Lipinski definition) is 0. The van der Waals surface area contributed by atoms with Crippen molar-refractivity contribution in [1.29, 1.82) is 0 Å². The maximum atomic E-state index is 11.9. The molecule has 21 heavy (non-hydrogen) atoms. The molecule has 0 aliphatic carbocycles. The summed E-state index contributed by atoms with van der Waals surface area (Å²) in [5.41, 5.74) is 4.09. The summed E-state index contributed by atoms with van der Waals surface area (Å²) in [6.45, 7) is 6.23. The van der Waals surface area contributed by atoms with Crippen LogP contribution in [0.2, 0.25) is 0 Å². The lowest BCUT2D eigenvalue weighted by Crippen LogP contribution is -2.16. The van der Waals surface area contributed by atoms with Crippen molar-refractivity contribution in [2.24, 2.45) is 0 Å². The van der Waals surface area contributed by atoms with Crippen LogP contribution in [0.25, 0.3) is 0 Å². The molecule has 0 spiro atoms. The van der Waals surface area contributed by atoms with Crippen LogP contribution in [-0.2, 0) is 16.1 Å². The summed E-state index contributed by atoms with van der Waals surface area (Å²) in [7, 11) is 0. The van der Waals surface area contributed by atoms with Crippen LogP contribution in [0.3, 0.4) is 0 Å². The first-order valence-corrected chi connectivity index (χ1v) is 6.97. The molecule has 0 radical (unpaired) electrons. The number of rotatable bonds is 5. The Morgan fingerprint density at radius 2 is 1.62 bits per heavy atom. The highest BCUT2D eigenvalue weighted by Gasteiger charge is 2.11. The molecule has 3 nitrogen and oxygen atoms in total. The lowest BCUT2D eigenvalue weighted by molar-refractivity contribution is -0.140. The number of aryl methyl sites for hydroxylation is 2. The summed E-state index contributed by atoms with van der Waals surface area (Å²) in [6, 6.07) is 13.7. The summed E-state index contributed by atoms with van der Waals surface area (Å²) in [4.78, 5) is 11.9. The summed E-state index contributed by atoms with van der Waals surface area (Å²) in [5.74, 6) is 0.269. The standard InChI is InChI=1S/C18H20O3/c1-13-9-10-14(2)18(15(13)3)21-17(19)12-20-11-16-7-5-4-6-8-16/h4-10H,11-12H2,1-3H3. The van der Waals surface area contributed by atoms with Crippen molar-refractivity contribution in [3.05, 3.63) is 64.7 Å². The molecule has 2 aromatic rings. The highest BCUT2D eigenvalue weighted by Crippen LogP contribution is 2.25. The smallest absolute Gasteiger partial charge is 0.337 e. The van der Waals surface area contributed by atoms with Crippen LogP contribution in [0.4, 0.5) is 0 Å². The average Bonchev–Trinajstić information content (AvgIpc) is 2.49. The molecule has 2 rings (SSSR count). The monoisotopic (exact) mass is 284 g/mol. The van der Waals surface area contributed by atoms with Crippen molar-refractivity contribution in [2.45, 2.75) is 27.4 Å². The minimum absolute atomic E-state index is 0.0539. The van der Waals surface area contributed by atoms with Crippen molar-refractivity contribution < 1.29 is 14.3 Å². The lowest BCUT2D eigenvalue weighted by Gasteiger charge is -2.12. The van der Waals surface area contributed by atoms with E-state index in [0.29, 0.717) is 12.4 Å². The van der Waals surface area contributed by atoms with Gasteiger partial charge in [-0.25, -0.2) is 4.79 Å². The van der Waals surface area contributed by atoms with E-state index in [1.54, 1.807) is 0 Å². The molecular weight excluding hydrogens is 264 g/mol. The predicted octanol–water partition coefficient (Wildman–Crippen LogP) is 3.73. The van der Waals surface area contributed by atoms with Crippen LogP contribution < -0.4 is 4.74 Å². The van der Waals surface area contributed by atoms with Gasteiger partial charge in [0.2, 0.25) is 0 Å². The van der Waals surface area contributed by atoms with E-state index in [2.05, 4.69) is 0 Å². The second kappa shape index (κ2) is 7.04. The van der Waals surface area contributed by atoms with E-state index >= 15 is 0 Å². The molecule has 0 aliphatic heterocycles. The van der Waals surface area contributed by atoms with Crippen molar-refractivity contribution in [3.63, 3.8) is 0 Å². The summed E-state index contributed by atoms with van der Waals surface area (Å²) in [6.07, 6.45) is 0. The van der Waals surface area contributed by atoms with Gasteiger partial charge in [0, 0.05) is 0 Å². The highest BCUT2D eigenvalue weighted by molar-refractivity contribution is 5.74. The normalized spacial score (nSPS) is 10.4. The van der Waals surface area contributed by atoms with Gasteiger partial charge in [-0.05, 0) is 43.0 Å². The topological polar surface area (TPSA) is 35.5 Å². The average molecular weight is 284 g/mol. The van der Waals surface area contributed by atoms with E-state index < -0.39 is 0 Å². The van der Waals surface area contributed by atoms with Crippen LogP contribution in [0.1, 0.15) is 22.3 Å². The Kier molecular flexibility index (Phi) is 5.12. The van der Waals surface area contributed by atoms with Gasteiger partial charge in [0.05, 0.1) is 6.61 Å². The molecule has 2 aromatic carbocycles. The Labute approximate surface area is 125 Å². The number of ether oxygens (including phenoxy) is 2. The fraction of sp³-hybridized carbons (Fsp3) is 0.278. The number of carbonyl (C=O) groups is 1. The quantitative estimate of drug-likeness (QED) is 0.620. The first-order valence-electron chi connectivity index (χ1n) is 6.97. The Morgan fingerprint density at radius 3 is 2.33 bits per heavy atom. The number of hydrogen-bond acceptors (Lipinski definition) is 3. The first kappa shape index (κ1) is 15.3. The zero-order chi connectivity index (χ0) is 15.2. The van der Waals surface area contributed by atoms with Crippen LogP contribution in [-0.4, -0.2) is 12.6 Å². The van der Waals surface area contributed by atoms with Crippen LogP contribution in [0.15, 0.2) is 42.5 Å². The molecule has 0 aliphatic rings. The summed E-state index contributed by atoms with van der Waals surface area (Å²) in [5, 5.41) is 0. The summed E-state index contributed by atoms with van der Waals surface area (Å²) < 4.78 is 10.8. The molecule has 0 bridgehead atoms. The van der Waals surface area contributed by atoms with E-state index in [4.69, 9.17) is 9.47 Å². The third kappa shape index (κ3) is 4.17. The molecule has 0 N–H and O–H groups in total. The molecule has 3 heteroatoms. The molecule has 0 saturated carbocycles. The SMILES string of the molecule is Cc1ccc(C)c(OC(=O)COCc2ccccc2)c1C. The largest absolute Gasteiger partial charge is 0.424 e. The van der Waals surface area contributed by atoms with Crippen molar-refractivity contribution in [3.8, 4) is 5.75 Å². The third-order valence-electron chi connectivity index (χ3n) is 3.42. The molecule has 0 aromatic heterocycles. The Balaban J connectivity index is 1.89. The lowest BCUT2D eigenvalue weighted by atomic mass is 10.1. The predicted molar refractivity (Wildman–Crippen MR) is 82.4 cm³/mol. The number of carbonyl (C=O) groups excluding carboxylic acids is 1. The van der Waals surface area contributed by atoms with Gasteiger partial charge >= 0.3 is 5.97 Å². The third-order valence-corrected chi connectivity index (χ3v) is 3.42. The van der Waals surface area contributed by atoms with E-state index in [1.165, 1.54) is 0 Å². The van der Waals surface area contributed by atoms with Crippen LogP contribution >= 0.6 is 0 Å². The minimum atomic E-state index is -0.372. The Bertz CT molecular complexity index is 618. The molecule has 0 fully saturated rings. The molecule has 0 saturated heterocycles. The van der Waals surface area contributed by atoms with Crippen LogP contribution in [0.5, 0.6) is 5.75 Å². The van der Waals surface area contributed by atoms with Gasteiger partial charge in [0.15, 0.2) is 0 Å². The van der Waals surface area contributed by atoms with Crippen molar-refractivity contribution in [2.75, 3.05) is 6.61 Å². The Morgan fingerprint density at radius 1 is 0.952 bits per heavy atom. The second-order valence-corrected chi connectivity index (χ2v) is 5.11. The van der Waals surface area contributed by atoms with Crippen LogP contribution in [0, 0.1) is 20.8 Å². The van der Waals surface area contributed by atoms with E-state index in [0.717, 1.165) is 22.3 Å². The van der Waals surface area contributed by atoms with E-state index in [9.17, 15) is 4.79 Å². The minimum Gasteiger partial charge on any atom is -0.424 e. The first-order chi connectivity index (χ1) is 10.1. The molecule has 0 amide bonds. The number of benzene rings is 2. The van der Waals surface area contributed by atoms with Gasteiger partial charge in [-0.3, -0.25) is 0 Å². The zero-order valence-electron chi connectivity index (χ0n) is 12.7. The molecular formula is C18H20O3. The van der Waals surface area contributed by atoms with E-state index in [1.807, 2.05) is 63.2 Å². The van der Waals surface area contributed by atoms with Gasteiger partial charge < -0.3 is 9.47 Å². The number of esters is 1. The van der Waals surface area contributed by atoms with Gasteiger partial charge in [-0.15, -0.1) is 0 Å². The van der Waals surface area contributed by atoms with Gasteiger partial charge in [-0.1, -0.05) is 42.5 Å². The molecule has 0 atom stereocenters. The second-order valence-electron chi connectivity index (χ2n) is 5.11. The van der Waals surface area contributed by atoms with Crippen molar-refractivity contribution >= 4 is 5.97 Å². The molecule has 0 unspecified atom stereocenters. The molecule has 110 valence electrons.